The number of hydrogen-bond acceptors (Lipinski definition) is 7. The van der Waals surface area contributed by atoms with E-state index in [4.69, 9.17) is 14.2 Å². The highest BCUT2D eigenvalue weighted by molar-refractivity contribution is 14.1. The van der Waals surface area contributed by atoms with Crippen LogP contribution in [0.2, 0.25) is 0 Å². The largest absolute Gasteiger partial charge is 0.493 e. The molecule has 3 aromatic rings. The van der Waals surface area contributed by atoms with E-state index in [1.807, 2.05) is 43.3 Å². The van der Waals surface area contributed by atoms with Crippen LogP contribution in [-0.4, -0.2) is 42.3 Å². The Balaban J connectivity index is 1.43. The molecule has 1 saturated heterocycles. The van der Waals surface area contributed by atoms with Crippen LogP contribution in [0.25, 0.3) is 6.08 Å². The number of halogens is 1. The van der Waals surface area contributed by atoms with E-state index in [0.717, 1.165) is 20.9 Å². The molecule has 0 aromatic heterocycles. The molecule has 0 radical (unpaired) electrons. The molecule has 0 N–H and O–H groups in total. The van der Waals surface area contributed by atoms with Crippen molar-refractivity contribution in [3.63, 3.8) is 0 Å². The number of ether oxygens (including phenoxy) is 3. The van der Waals surface area contributed by atoms with Crippen LogP contribution in [0.4, 0.5) is 4.79 Å². The molecule has 36 heavy (non-hydrogen) atoms. The Hall–Kier alpha value is -3.31. The first-order valence-electron chi connectivity index (χ1n) is 11.0. The van der Waals surface area contributed by atoms with Crippen LogP contribution in [0.3, 0.4) is 0 Å². The Labute approximate surface area is 226 Å². The molecule has 0 aliphatic carbocycles. The Morgan fingerprint density at radius 3 is 2.50 bits per heavy atom. The topological polar surface area (TPSA) is 82.1 Å². The van der Waals surface area contributed by atoms with Crippen molar-refractivity contribution >= 4 is 57.5 Å². The third-order valence-corrected chi connectivity index (χ3v) is 7.11. The lowest BCUT2D eigenvalue weighted by atomic mass is 10.1. The normalized spacial score (nSPS) is 14.3. The molecule has 0 bridgehead atoms. The van der Waals surface area contributed by atoms with Gasteiger partial charge in [0.15, 0.2) is 11.5 Å². The van der Waals surface area contributed by atoms with Gasteiger partial charge < -0.3 is 14.2 Å². The van der Waals surface area contributed by atoms with Crippen LogP contribution in [-0.2, 0) is 4.79 Å². The monoisotopic (exact) mass is 615 g/mol. The van der Waals surface area contributed by atoms with Crippen molar-refractivity contribution in [3.05, 3.63) is 91.9 Å². The van der Waals surface area contributed by atoms with E-state index in [0.29, 0.717) is 27.5 Å². The molecule has 0 atom stereocenters. The Morgan fingerprint density at radius 1 is 1.03 bits per heavy atom. The summed E-state index contributed by atoms with van der Waals surface area (Å²) in [4.78, 5) is 39.3. The van der Waals surface area contributed by atoms with Crippen molar-refractivity contribution in [3.8, 4) is 17.2 Å². The molecule has 7 nitrogen and oxygen atoms in total. The second-order valence-electron chi connectivity index (χ2n) is 7.77. The standard InChI is InChI=1S/C27H22INO6S/c1-17-7-10-19(11-8-17)34-14-13-29-25(30)24(36-27(29)32)16-18-9-12-22(23(15-18)33-2)35-26(31)20-5-3-4-6-21(20)28/h3-12,15-16H,13-14H2,1-2H3/b24-16-. The molecule has 3 aromatic carbocycles. The number of esters is 1. The van der Waals surface area contributed by atoms with Gasteiger partial charge in [0.05, 0.1) is 24.1 Å². The van der Waals surface area contributed by atoms with Gasteiger partial charge >= 0.3 is 5.97 Å². The SMILES string of the molecule is COc1cc(/C=C2\SC(=O)N(CCOc3ccc(C)cc3)C2=O)ccc1OC(=O)c1ccccc1I. The molecule has 1 heterocycles. The molecule has 1 fully saturated rings. The van der Waals surface area contributed by atoms with Crippen LogP contribution in [0, 0.1) is 10.5 Å². The maximum absolute atomic E-state index is 12.8. The Bertz CT molecular complexity index is 1340. The summed E-state index contributed by atoms with van der Waals surface area (Å²) < 4.78 is 17.4. The van der Waals surface area contributed by atoms with E-state index in [-0.39, 0.29) is 30.0 Å². The van der Waals surface area contributed by atoms with Crippen molar-refractivity contribution in [1.82, 2.24) is 4.90 Å². The number of carbonyl (C=O) groups excluding carboxylic acids is 3. The number of amides is 2. The fraction of sp³-hybridized carbons (Fsp3) is 0.148. The molecule has 2 amide bonds. The number of thioether (sulfide) groups is 1. The lowest BCUT2D eigenvalue weighted by molar-refractivity contribution is -0.123. The average Bonchev–Trinajstić information content (AvgIpc) is 3.13. The van der Waals surface area contributed by atoms with E-state index in [1.54, 1.807) is 36.4 Å². The van der Waals surface area contributed by atoms with E-state index >= 15 is 0 Å². The van der Waals surface area contributed by atoms with Gasteiger partial charge in [-0.1, -0.05) is 35.9 Å². The molecule has 4 rings (SSSR count). The minimum absolute atomic E-state index is 0.145. The van der Waals surface area contributed by atoms with Gasteiger partial charge in [-0.05, 0) is 89.3 Å². The highest BCUT2D eigenvalue weighted by Gasteiger charge is 2.34. The molecular weight excluding hydrogens is 593 g/mol. The zero-order valence-corrected chi connectivity index (χ0v) is 22.5. The van der Waals surface area contributed by atoms with Gasteiger partial charge in [-0.15, -0.1) is 0 Å². The Morgan fingerprint density at radius 2 is 1.78 bits per heavy atom. The molecule has 1 aliphatic heterocycles. The van der Waals surface area contributed by atoms with Crippen molar-refractivity contribution < 1.29 is 28.6 Å². The number of carbonyl (C=O) groups is 3. The summed E-state index contributed by atoms with van der Waals surface area (Å²) in [5.74, 6) is 0.373. The predicted molar refractivity (Wildman–Crippen MR) is 146 cm³/mol. The van der Waals surface area contributed by atoms with E-state index < -0.39 is 5.97 Å². The lowest BCUT2D eigenvalue weighted by Crippen LogP contribution is -2.32. The van der Waals surface area contributed by atoms with Crippen molar-refractivity contribution in [2.75, 3.05) is 20.3 Å². The fourth-order valence-corrected chi connectivity index (χ4v) is 4.85. The molecule has 184 valence electrons. The van der Waals surface area contributed by atoms with Crippen LogP contribution >= 0.6 is 34.4 Å². The van der Waals surface area contributed by atoms with Crippen molar-refractivity contribution in [2.24, 2.45) is 0 Å². The summed E-state index contributed by atoms with van der Waals surface area (Å²) in [6.45, 7) is 2.33. The first-order valence-corrected chi connectivity index (χ1v) is 12.8. The van der Waals surface area contributed by atoms with E-state index in [9.17, 15) is 14.4 Å². The van der Waals surface area contributed by atoms with E-state index in [1.165, 1.54) is 12.0 Å². The number of imide groups is 1. The predicted octanol–water partition coefficient (Wildman–Crippen LogP) is 5.94. The van der Waals surface area contributed by atoms with Gasteiger partial charge in [-0.3, -0.25) is 14.5 Å². The first kappa shape index (κ1) is 25.8. The highest BCUT2D eigenvalue weighted by atomic mass is 127. The lowest BCUT2D eigenvalue weighted by Gasteiger charge is -2.13. The highest BCUT2D eigenvalue weighted by Crippen LogP contribution is 2.35. The van der Waals surface area contributed by atoms with Crippen LogP contribution < -0.4 is 14.2 Å². The third-order valence-electron chi connectivity index (χ3n) is 5.26. The molecule has 9 heteroatoms. The number of methoxy groups -OCH3 is 1. The summed E-state index contributed by atoms with van der Waals surface area (Å²) in [7, 11) is 1.46. The molecule has 1 aliphatic rings. The van der Waals surface area contributed by atoms with Gasteiger partial charge in [0.2, 0.25) is 0 Å². The number of hydrogen-bond donors (Lipinski definition) is 0. The molecular formula is C27H22INO6S. The van der Waals surface area contributed by atoms with E-state index in [2.05, 4.69) is 22.6 Å². The molecule has 0 spiro atoms. The summed E-state index contributed by atoms with van der Waals surface area (Å²) in [5.41, 5.74) is 2.19. The summed E-state index contributed by atoms with van der Waals surface area (Å²) >= 11 is 2.94. The second-order valence-corrected chi connectivity index (χ2v) is 9.93. The number of rotatable bonds is 8. The zero-order valence-electron chi connectivity index (χ0n) is 19.5. The number of benzene rings is 3. The van der Waals surface area contributed by atoms with Crippen molar-refractivity contribution in [1.29, 1.82) is 0 Å². The maximum atomic E-state index is 12.8. The number of nitrogens with zero attached hydrogens (tertiary/aromatic N) is 1. The van der Waals surface area contributed by atoms with Gasteiger partial charge in [-0.25, -0.2) is 4.79 Å². The third kappa shape index (κ3) is 6.08. The van der Waals surface area contributed by atoms with Crippen LogP contribution in [0.1, 0.15) is 21.5 Å². The Kier molecular flexibility index (Phi) is 8.32. The smallest absolute Gasteiger partial charge is 0.344 e. The van der Waals surface area contributed by atoms with Crippen LogP contribution in [0.15, 0.2) is 71.6 Å². The van der Waals surface area contributed by atoms with Gasteiger partial charge in [0.25, 0.3) is 11.1 Å². The number of aryl methyl sites for hydroxylation is 1. The van der Waals surface area contributed by atoms with Crippen LogP contribution in [0.5, 0.6) is 17.2 Å². The van der Waals surface area contributed by atoms with Gasteiger partial charge in [-0.2, -0.15) is 0 Å². The van der Waals surface area contributed by atoms with Gasteiger partial charge in [0, 0.05) is 3.57 Å². The summed E-state index contributed by atoms with van der Waals surface area (Å²) in [6.07, 6.45) is 1.61. The minimum atomic E-state index is -0.500. The molecule has 0 saturated carbocycles. The summed E-state index contributed by atoms with van der Waals surface area (Å²) in [5, 5.41) is -0.353. The fourth-order valence-electron chi connectivity index (χ4n) is 3.37. The first-order chi connectivity index (χ1) is 17.4. The quantitative estimate of drug-likeness (QED) is 0.134. The van der Waals surface area contributed by atoms with Gasteiger partial charge in [0.1, 0.15) is 12.4 Å². The minimum Gasteiger partial charge on any atom is -0.493 e. The average molecular weight is 615 g/mol. The maximum Gasteiger partial charge on any atom is 0.344 e. The molecule has 0 unspecified atom stereocenters. The second kappa shape index (κ2) is 11.6. The zero-order chi connectivity index (χ0) is 25.7. The summed E-state index contributed by atoms with van der Waals surface area (Å²) in [6, 6.07) is 19.6. The van der Waals surface area contributed by atoms with Crippen molar-refractivity contribution in [2.45, 2.75) is 6.92 Å².